The molecule has 0 unspecified atom stereocenters. The Kier molecular flexibility index (Phi) is 6.17. The van der Waals surface area contributed by atoms with E-state index in [1.54, 1.807) is 12.1 Å². The van der Waals surface area contributed by atoms with Crippen molar-refractivity contribution in [1.82, 2.24) is 10.2 Å². The van der Waals surface area contributed by atoms with Gasteiger partial charge >= 0.3 is 5.00 Å². The molecule has 1 N–H and O–H groups in total. The highest BCUT2D eigenvalue weighted by atomic mass is 32.1. The van der Waals surface area contributed by atoms with Crippen LogP contribution in [-0.2, 0) is 4.79 Å². The summed E-state index contributed by atoms with van der Waals surface area (Å²) in [4.78, 5) is 24.2. The summed E-state index contributed by atoms with van der Waals surface area (Å²) in [5, 5.41) is 13.3. The zero-order valence-corrected chi connectivity index (χ0v) is 11.8. The summed E-state index contributed by atoms with van der Waals surface area (Å²) in [5.74, 6) is -0.185. The lowest BCUT2D eigenvalue weighted by Gasteiger charge is -2.08. The second kappa shape index (κ2) is 7.65. The smallest absolute Gasteiger partial charge is 0.324 e. The highest BCUT2D eigenvalue weighted by Crippen LogP contribution is 2.24. The molecule has 1 heterocycles. The van der Waals surface area contributed by atoms with Gasteiger partial charge in [0.1, 0.15) is 0 Å². The average Bonchev–Trinajstić information content (AvgIpc) is 2.81. The van der Waals surface area contributed by atoms with Gasteiger partial charge in [0.05, 0.1) is 4.92 Å². The Balaban J connectivity index is 2.34. The lowest BCUT2D eigenvalue weighted by Crippen LogP contribution is -2.25. The van der Waals surface area contributed by atoms with Gasteiger partial charge in [-0.15, -0.1) is 0 Å². The van der Waals surface area contributed by atoms with Crippen molar-refractivity contribution in [1.29, 1.82) is 0 Å². The molecule has 104 valence electrons. The Morgan fingerprint density at radius 1 is 1.53 bits per heavy atom. The van der Waals surface area contributed by atoms with E-state index in [9.17, 15) is 14.9 Å². The molecule has 6 nitrogen and oxygen atoms in total. The standard InChI is InChI=1S/C12H17N3O3S/c1-14(2)9-3-8-13-11(16)6-4-10-5-7-12(19-10)15(17)18/h4-7H,3,8-9H2,1-2H3,(H,13,16)/b6-4+. The van der Waals surface area contributed by atoms with Crippen LogP contribution in [0.4, 0.5) is 5.00 Å². The summed E-state index contributed by atoms with van der Waals surface area (Å²) in [6.07, 6.45) is 3.86. The van der Waals surface area contributed by atoms with E-state index in [2.05, 4.69) is 5.32 Å². The molecule has 7 heteroatoms. The lowest BCUT2D eigenvalue weighted by atomic mass is 10.3. The SMILES string of the molecule is CN(C)CCCNC(=O)/C=C/c1ccc([N+](=O)[O-])s1. The van der Waals surface area contributed by atoms with Crippen LogP contribution in [0.15, 0.2) is 18.2 Å². The molecular weight excluding hydrogens is 266 g/mol. The zero-order chi connectivity index (χ0) is 14.3. The topological polar surface area (TPSA) is 75.5 Å². The fourth-order valence-corrected chi connectivity index (χ4v) is 2.08. The largest absolute Gasteiger partial charge is 0.353 e. The third kappa shape index (κ3) is 6.12. The first-order valence-electron chi connectivity index (χ1n) is 5.84. The zero-order valence-electron chi connectivity index (χ0n) is 11.0. The molecule has 1 amide bonds. The Bertz CT molecular complexity index is 469. The fourth-order valence-electron chi connectivity index (χ4n) is 1.35. The van der Waals surface area contributed by atoms with Crippen LogP contribution in [0.2, 0.25) is 0 Å². The minimum absolute atomic E-state index is 0.0750. The van der Waals surface area contributed by atoms with Crippen LogP contribution in [0.25, 0.3) is 6.08 Å². The lowest BCUT2D eigenvalue weighted by molar-refractivity contribution is -0.380. The van der Waals surface area contributed by atoms with Crippen molar-refractivity contribution >= 4 is 28.3 Å². The van der Waals surface area contributed by atoms with Crippen molar-refractivity contribution in [3.05, 3.63) is 33.2 Å². The van der Waals surface area contributed by atoms with E-state index in [0.29, 0.717) is 11.4 Å². The van der Waals surface area contributed by atoms with Gasteiger partial charge in [-0.1, -0.05) is 11.3 Å². The highest BCUT2D eigenvalue weighted by Gasteiger charge is 2.07. The summed E-state index contributed by atoms with van der Waals surface area (Å²) in [7, 11) is 3.96. The molecule has 0 bridgehead atoms. The van der Waals surface area contributed by atoms with Gasteiger partial charge in [-0.05, 0) is 39.2 Å². The maximum Gasteiger partial charge on any atom is 0.324 e. The number of carbonyl (C=O) groups excluding carboxylic acids is 1. The number of nitro groups is 1. The van der Waals surface area contributed by atoms with E-state index in [4.69, 9.17) is 0 Å². The molecule has 1 rings (SSSR count). The number of rotatable bonds is 7. The molecule has 0 saturated heterocycles. The summed E-state index contributed by atoms with van der Waals surface area (Å²) in [6, 6.07) is 3.05. The Labute approximate surface area is 115 Å². The van der Waals surface area contributed by atoms with E-state index < -0.39 is 4.92 Å². The minimum Gasteiger partial charge on any atom is -0.353 e. The monoisotopic (exact) mass is 283 g/mol. The second-order valence-corrected chi connectivity index (χ2v) is 5.31. The van der Waals surface area contributed by atoms with Crippen molar-refractivity contribution in [2.75, 3.05) is 27.2 Å². The number of nitrogens with one attached hydrogen (secondary N) is 1. The number of nitrogens with zero attached hydrogens (tertiary/aromatic N) is 2. The molecule has 0 radical (unpaired) electrons. The summed E-state index contributed by atoms with van der Waals surface area (Å²) in [6.45, 7) is 1.53. The van der Waals surface area contributed by atoms with Gasteiger partial charge in [0.15, 0.2) is 0 Å². The van der Waals surface area contributed by atoms with Crippen LogP contribution in [-0.4, -0.2) is 42.9 Å². The predicted molar refractivity (Wildman–Crippen MR) is 76.2 cm³/mol. The summed E-state index contributed by atoms with van der Waals surface area (Å²) < 4.78 is 0. The van der Waals surface area contributed by atoms with Gasteiger partial charge in [-0.2, -0.15) is 0 Å². The van der Waals surface area contributed by atoms with Crippen LogP contribution in [0.3, 0.4) is 0 Å². The molecule has 1 aromatic heterocycles. The average molecular weight is 283 g/mol. The molecule has 0 aromatic carbocycles. The third-order valence-corrected chi connectivity index (χ3v) is 3.28. The predicted octanol–water partition coefficient (Wildman–Crippen LogP) is 1.74. The minimum atomic E-state index is -0.441. The van der Waals surface area contributed by atoms with E-state index >= 15 is 0 Å². The van der Waals surface area contributed by atoms with Crippen LogP contribution < -0.4 is 5.32 Å². The van der Waals surface area contributed by atoms with E-state index in [0.717, 1.165) is 24.3 Å². The van der Waals surface area contributed by atoms with Crippen LogP contribution in [0.1, 0.15) is 11.3 Å². The Morgan fingerprint density at radius 3 is 2.84 bits per heavy atom. The van der Waals surface area contributed by atoms with Gasteiger partial charge in [0, 0.05) is 23.6 Å². The number of thiophene rings is 1. The van der Waals surface area contributed by atoms with Gasteiger partial charge < -0.3 is 10.2 Å². The third-order valence-electron chi connectivity index (χ3n) is 2.27. The molecule has 0 spiro atoms. The van der Waals surface area contributed by atoms with Gasteiger partial charge in [0.2, 0.25) is 5.91 Å². The normalized spacial score (nSPS) is 11.1. The van der Waals surface area contributed by atoms with Gasteiger partial charge in [-0.3, -0.25) is 14.9 Å². The Morgan fingerprint density at radius 2 is 2.26 bits per heavy atom. The molecular formula is C12H17N3O3S. The molecule has 1 aromatic rings. The Hall–Kier alpha value is -1.73. The second-order valence-electron chi connectivity index (χ2n) is 4.21. The number of amides is 1. The maximum absolute atomic E-state index is 11.5. The molecule has 0 saturated carbocycles. The molecule has 0 aliphatic rings. The quantitative estimate of drug-likeness (QED) is 0.358. The molecule has 19 heavy (non-hydrogen) atoms. The van der Waals surface area contributed by atoms with Crippen molar-refractivity contribution in [2.24, 2.45) is 0 Å². The first kappa shape index (κ1) is 15.3. The van der Waals surface area contributed by atoms with Crippen molar-refractivity contribution in [3.8, 4) is 0 Å². The van der Waals surface area contributed by atoms with Crippen LogP contribution in [0.5, 0.6) is 0 Å². The highest BCUT2D eigenvalue weighted by molar-refractivity contribution is 7.16. The van der Waals surface area contributed by atoms with Crippen molar-refractivity contribution in [2.45, 2.75) is 6.42 Å². The van der Waals surface area contributed by atoms with E-state index in [1.807, 2.05) is 19.0 Å². The van der Waals surface area contributed by atoms with Crippen LogP contribution in [0, 0.1) is 10.1 Å². The summed E-state index contributed by atoms with van der Waals surface area (Å²) >= 11 is 1.04. The van der Waals surface area contributed by atoms with Crippen molar-refractivity contribution in [3.63, 3.8) is 0 Å². The van der Waals surface area contributed by atoms with E-state index in [1.165, 1.54) is 12.1 Å². The van der Waals surface area contributed by atoms with Gasteiger partial charge in [-0.25, -0.2) is 0 Å². The molecule has 0 aliphatic carbocycles. The number of hydrogen-bond donors (Lipinski definition) is 1. The first-order valence-corrected chi connectivity index (χ1v) is 6.65. The van der Waals surface area contributed by atoms with E-state index in [-0.39, 0.29) is 10.9 Å². The number of carbonyl (C=O) groups is 1. The fraction of sp³-hybridized carbons (Fsp3) is 0.417. The van der Waals surface area contributed by atoms with Gasteiger partial charge in [0.25, 0.3) is 0 Å². The molecule has 0 atom stereocenters. The first-order chi connectivity index (χ1) is 8.99. The molecule has 0 fully saturated rings. The summed E-state index contributed by atoms with van der Waals surface area (Å²) in [5.41, 5.74) is 0. The maximum atomic E-state index is 11.5. The van der Waals surface area contributed by atoms with Crippen molar-refractivity contribution < 1.29 is 9.72 Å². The number of hydrogen-bond acceptors (Lipinski definition) is 5. The molecule has 0 aliphatic heterocycles. The van der Waals surface area contributed by atoms with Crippen LogP contribution >= 0.6 is 11.3 Å².